The molecule has 2 aliphatic rings. The van der Waals surface area contributed by atoms with Gasteiger partial charge in [-0.05, 0) is 12.8 Å². The highest BCUT2D eigenvalue weighted by molar-refractivity contribution is 4.93. The van der Waals surface area contributed by atoms with Gasteiger partial charge in [-0.3, -0.25) is 0 Å². The Morgan fingerprint density at radius 1 is 1.23 bits per heavy atom. The highest BCUT2D eigenvalue weighted by Gasteiger charge is 2.41. The summed E-state index contributed by atoms with van der Waals surface area (Å²) in [4.78, 5) is 0. The van der Waals surface area contributed by atoms with Gasteiger partial charge in [0.1, 0.15) is 11.8 Å². The topological polar surface area (TPSA) is 21.3 Å². The van der Waals surface area contributed by atoms with Crippen molar-refractivity contribution in [1.29, 1.82) is 0 Å². The van der Waals surface area contributed by atoms with Crippen molar-refractivity contribution >= 4 is 0 Å². The largest absolute Gasteiger partial charge is 0.372 e. The normalized spacial score (nSPS) is 34.4. The van der Waals surface area contributed by atoms with Crippen molar-refractivity contribution in [3.8, 4) is 0 Å². The van der Waals surface area contributed by atoms with Crippen LogP contribution in [0.1, 0.15) is 32.1 Å². The fraction of sp³-hybridized carbons (Fsp3) is 1.00. The van der Waals surface area contributed by atoms with Crippen LogP contribution in [-0.4, -0.2) is 31.5 Å². The zero-order valence-corrected chi connectivity index (χ0v) is 8.02. The molecule has 1 N–H and O–H groups in total. The third-order valence-corrected chi connectivity index (χ3v) is 3.19. The van der Waals surface area contributed by atoms with Gasteiger partial charge in [-0.2, -0.15) is 0 Å². The highest BCUT2D eigenvalue weighted by Crippen LogP contribution is 2.36. The third kappa shape index (κ3) is 2.02. The van der Waals surface area contributed by atoms with Gasteiger partial charge in [-0.1, -0.05) is 19.3 Å². The summed E-state index contributed by atoms with van der Waals surface area (Å²) in [6, 6.07) is 0. The van der Waals surface area contributed by atoms with Crippen LogP contribution in [0, 0.1) is 0 Å². The van der Waals surface area contributed by atoms with Crippen LogP contribution in [0.15, 0.2) is 0 Å². The molecule has 76 valence electrons. The Hall–Kier alpha value is -0.150. The fourth-order valence-electron chi connectivity index (χ4n) is 2.36. The van der Waals surface area contributed by atoms with Crippen molar-refractivity contribution in [2.45, 2.75) is 43.9 Å². The number of ether oxygens (including phenoxy) is 1. The maximum atomic E-state index is 14.3. The fourth-order valence-corrected chi connectivity index (χ4v) is 2.36. The molecule has 1 aliphatic heterocycles. The zero-order valence-electron chi connectivity index (χ0n) is 8.02. The Bertz CT molecular complexity index is 162. The molecule has 1 saturated heterocycles. The molecule has 0 radical (unpaired) electrons. The van der Waals surface area contributed by atoms with E-state index >= 15 is 0 Å². The molecular formula is C10H18FNO. The highest BCUT2D eigenvalue weighted by atomic mass is 19.1. The molecule has 0 aromatic rings. The number of nitrogens with one attached hydrogen (secondary N) is 1. The molecule has 0 spiro atoms. The van der Waals surface area contributed by atoms with Crippen LogP contribution in [0.3, 0.4) is 0 Å². The molecule has 2 rings (SSSR count). The van der Waals surface area contributed by atoms with Gasteiger partial charge in [-0.15, -0.1) is 0 Å². The van der Waals surface area contributed by atoms with Gasteiger partial charge in [0.25, 0.3) is 0 Å². The lowest BCUT2D eigenvalue weighted by Crippen LogP contribution is -2.51. The molecular weight excluding hydrogens is 169 g/mol. The van der Waals surface area contributed by atoms with Crippen molar-refractivity contribution in [2.24, 2.45) is 0 Å². The first kappa shape index (κ1) is 9.41. The SMILES string of the molecule is FC1(C2CNCCO2)CCCCC1. The van der Waals surface area contributed by atoms with Crippen molar-refractivity contribution < 1.29 is 9.13 Å². The summed E-state index contributed by atoms with van der Waals surface area (Å²) in [6.07, 6.45) is 4.43. The van der Waals surface area contributed by atoms with Crippen LogP contribution in [0.4, 0.5) is 4.39 Å². The summed E-state index contributed by atoms with van der Waals surface area (Å²) < 4.78 is 19.8. The number of hydrogen-bond acceptors (Lipinski definition) is 2. The minimum absolute atomic E-state index is 0.193. The van der Waals surface area contributed by atoms with Crippen LogP contribution in [0.2, 0.25) is 0 Å². The van der Waals surface area contributed by atoms with E-state index in [9.17, 15) is 4.39 Å². The van der Waals surface area contributed by atoms with Gasteiger partial charge in [0, 0.05) is 13.1 Å². The summed E-state index contributed by atoms with van der Waals surface area (Å²) in [6.45, 7) is 2.22. The quantitative estimate of drug-likeness (QED) is 0.674. The van der Waals surface area contributed by atoms with E-state index in [1.165, 1.54) is 6.42 Å². The van der Waals surface area contributed by atoms with E-state index < -0.39 is 5.67 Å². The maximum Gasteiger partial charge on any atom is 0.138 e. The number of halogens is 1. The van der Waals surface area contributed by atoms with Crippen molar-refractivity contribution in [1.82, 2.24) is 5.32 Å². The van der Waals surface area contributed by atoms with Gasteiger partial charge < -0.3 is 10.1 Å². The molecule has 1 atom stereocenters. The summed E-state index contributed by atoms with van der Waals surface area (Å²) in [5.41, 5.74) is -1.04. The van der Waals surface area contributed by atoms with Crippen LogP contribution in [0.5, 0.6) is 0 Å². The van der Waals surface area contributed by atoms with Crippen molar-refractivity contribution in [2.75, 3.05) is 19.7 Å². The molecule has 0 amide bonds. The number of hydrogen-bond donors (Lipinski definition) is 1. The van der Waals surface area contributed by atoms with E-state index in [-0.39, 0.29) is 6.10 Å². The van der Waals surface area contributed by atoms with Gasteiger partial charge in [0.05, 0.1) is 6.61 Å². The first-order valence-electron chi connectivity index (χ1n) is 5.32. The standard InChI is InChI=1S/C10H18FNO/c11-10(4-2-1-3-5-10)9-8-12-6-7-13-9/h9,12H,1-8H2. The minimum Gasteiger partial charge on any atom is -0.372 e. The molecule has 0 aromatic carbocycles. The maximum absolute atomic E-state index is 14.3. The average molecular weight is 187 g/mol. The zero-order chi connectivity index (χ0) is 9.15. The van der Waals surface area contributed by atoms with E-state index in [1.54, 1.807) is 0 Å². The first-order chi connectivity index (χ1) is 6.31. The Morgan fingerprint density at radius 3 is 2.62 bits per heavy atom. The van der Waals surface area contributed by atoms with E-state index in [0.29, 0.717) is 26.0 Å². The van der Waals surface area contributed by atoms with Crippen molar-refractivity contribution in [3.05, 3.63) is 0 Å². The Morgan fingerprint density at radius 2 is 2.00 bits per heavy atom. The lowest BCUT2D eigenvalue weighted by Gasteiger charge is -2.38. The van der Waals surface area contributed by atoms with Crippen LogP contribution in [0.25, 0.3) is 0 Å². The molecule has 0 bridgehead atoms. The Balaban J connectivity index is 1.94. The summed E-state index contributed by atoms with van der Waals surface area (Å²) in [5, 5.41) is 3.19. The van der Waals surface area contributed by atoms with E-state index in [2.05, 4.69) is 5.32 Å². The van der Waals surface area contributed by atoms with E-state index in [4.69, 9.17) is 4.74 Å². The molecule has 13 heavy (non-hydrogen) atoms. The number of alkyl halides is 1. The van der Waals surface area contributed by atoms with Gasteiger partial charge in [-0.25, -0.2) is 4.39 Å². The molecule has 0 aromatic heterocycles. The molecule has 1 unspecified atom stereocenters. The van der Waals surface area contributed by atoms with E-state index in [0.717, 1.165) is 19.4 Å². The van der Waals surface area contributed by atoms with Gasteiger partial charge in [0.15, 0.2) is 0 Å². The predicted molar refractivity (Wildman–Crippen MR) is 49.5 cm³/mol. The minimum atomic E-state index is -1.04. The number of morpholine rings is 1. The Labute approximate surface area is 78.8 Å². The lowest BCUT2D eigenvalue weighted by atomic mass is 9.82. The summed E-state index contributed by atoms with van der Waals surface area (Å²) in [5.74, 6) is 0. The molecule has 2 fully saturated rings. The second-order valence-electron chi connectivity index (χ2n) is 4.16. The Kier molecular flexibility index (Phi) is 2.84. The monoisotopic (exact) mass is 187 g/mol. The van der Waals surface area contributed by atoms with E-state index in [1.807, 2.05) is 0 Å². The van der Waals surface area contributed by atoms with Gasteiger partial charge >= 0.3 is 0 Å². The average Bonchev–Trinajstić information content (AvgIpc) is 2.20. The predicted octanol–water partition coefficient (Wildman–Crippen LogP) is 1.65. The smallest absolute Gasteiger partial charge is 0.138 e. The first-order valence-corrected chi connectivity index (χ1v) is 5.32. The molecule has 1 heterocycles. The van der Waals surface area contributed by atoms with Gasteiger partial charge in [0.2, 0.25) is 0 Å². The van der Waals surface area contributed by atoms with Crippen molar-refractivity contribution in [3.63, 3.8) is 0 Å². The molecule has 3 heteroatoms. The lowest BCUT2D eigenvalue weighted by molar-refractivity contribution is -0.0902. The molecule has 1 saturated carbocycles. The third-order valence-electron chi connectivity index (χ3n) is 3.19. The summed E-state index contributed by atoms with van der Waals surface area (Å²) in [7, 11) is 0. The molecule has 1 aliphatic carbocycles. The molecule has 2 nitrogen and oxygen atoms in total. The summed E-state index contributed by atoms with van der Waals surface area (Å²) >= 11 is 0. The second kappa shape index (κ2) is 3.93. The van der Waals surface area contributed by atoms with Crippen LogP contribution in [-0.2, 0) is 4.74 Å². The second-order valence-corrected chi connectivity index (χ2v) is 4.16. The van der Waals surface area contributed by atoms with Crippen LogP contribution >= 0.6 is 0 Å². The van der Waals surface area contributed by atoms with Crippen LogP contribution < -0.4 is 5.32 Å². The number of rotatable bonds is 1.